The second-order valence-electron chi connectivity index (χ2n) is 2.23. The summed E-state index contributed by atoms with van der Waals surface area (Å²) >= 11 is 1.46. The normalized spacial score (nSPS) is 37.0. The molecule has 1 heterocycles. The minimum absolute atomic E-state index is 0.00463. The van der Waals surface area contributed by atoms with Crippen molar-refractivity contribution in [1.29, 1.82) is 0 Å². The molecule has 0 N–H and O–H groups in total. The van der Waals surface area contributed by atoms with Gasteiger partial charge in [0.2, 0.25) is 0 Å². The summed E-state index contributed by atoms with van der Waals surface area (Å²) in [5.74, 6) is 3.63. The van der Waals surface area contributed by atoms with Crippen LogP contribution >= 0.6 is 12.0 Å². The van der Waals surface area contributed by atoms with E-state index in [1.165, 1.54) is 12.0 Å². The van der Waals surface area contributed by atoms with Gasteiger partial charge in [0, 0.05) is 5.75 Å². The summed E-state index contributed by atoms with van der Waals surface area (Å²) in [6, 6.07) is 0. The van der Waals surface area contributed by atoms with Crippen LogP contribution in [-0.2, 0) is 4.18 Å². The Morgan fingerprint density at radius 3 is 2.88 bits per heavy atom. The molecule has 0 bridgehead atoms. The van der Waals surface area contributed by atoms with Gasteiger partial charge in [-0.1, -0.05) is 5.92 Å². The Hall–Kier alpha value is -0.130. The molecule has 0 aromatic rings. The number of rotatable bonds is 0. The van der Waals surface area contributed by atoms with E-state index >= 15 is 0 Å². The lowest BCUT2D eigenvalue weighted by Crippen LogP contribution is -2.15. The molecule has 0 saturated carbocycles. The van der Waals surface area contributed by atoms with Crippen molar-refractivity contribution in [2.75, 3.05) is 12.4 Å². The number of terminal acetylenes is 1. The van der Waals surface area contributed by atoms with Crippen molar-refractivity contribution in [3.05, 3.63) is 0 Å². The lowest BCUT2D eigenvalue weighted by atomic mass is 9.97. The van der Waals surface area contributed by atoms with Crippen molar-refractivity contribution in [2.45, 2.75) is 6.92 Å². The zero-order chi connectivity index (χ0) is 6.04. The van der Waals surface area contributed by atoms with E-state index in [4.69, 9.17) is 10.6 Å². The predicted molar refractivity (Wildman–Crippen MR) is 35.4 cm³/mol. The van der Waals surface area contributed by atoms with E-state index in [-0.39, 0.29) is 5.41 Å². The van der Waals surface area contributed by atoms with E-state index < -0.39 is 0 Å². The second kappa shape index (κ2) is 2.00. The molecule has 1 saturated heterocycles. The quantitative estimate of drug-likeness (QED) is 0.359. The molecule has 0 aromatic heterocycles. The molecule has 1 fully saturated rings. The molecule has 1 rings (SSSR count). The van der Waals surface area contributed by atoms with Crippen LogP contribution < -0.4 is 0 Å². The third kappa shape index (κ3) is 0.988. The van der Waals surface area contributed by atoms with Crippen LogP contribution in [0.1, 0.15) is 6.92 Å². The molecule has 0 aromatic carbocycles. The summed E-state index contributed by atoms with van der Waals surface area (Å²) in [6.45, 7) is 2.74. The van der Waals surface area contributed by atoms with Crippen LogP contribution in [0.3, 0.4) is 0 Å². The zero-order valence-electron chi connectivity index (χ0n) is 4.81. The zero-order valence-corrected chi connectivity index (χ0v) is 5.62. The highest BCUT2D eigenvalue weighted by molar-refractivity contribution is 7.94. The van der Waals surface area contributed by atoms with Gasteiger partial charge in [0.15, 0.2) is 0 Å². The van der Waals surface area contributed by atoms with Gasteiger partial charge in [-0.2, -0.15) is 0 Å². The SMILES string of the molecule is C#CC1(C)COSC1. The van der Waals surface area contributed by atoms with E-state index in [0.29, 0.717) is 6.61 Å². The van der Waals surface area contributed by atoms with Crippen LogP contribution in [0.15, 0.2) is 0 Å². The minimum Gasteiger partial charge on any atom is -0.314 e. The molecule has 8 heavy (non-hydrogen) atoms. The van der Waals surface area contributed by atoms with E-state index in [1.807, 2.05) is 6.92 Å². The van der Waals surface area contributed by atoms with E-state index in [0.717, 1.165) is 5.75 Å². The van der Waals surface area contributed by atoms with Gasteiger partial charge in [-0.25, -0.2) is 0 Å². The second-order valence-corrected chi connectivity index (χ2v) is 2.99. The molecular weight excluding hydrogens is 120 g/mol. The Morgan fingerprint density at radius 1 is 1.88 bits per heavy atom. The summed E-state index contributed by atoms with van der Waals surface area (Å²) in [4.78, 5) is 0. The van der Waals surface area contributed by atoms with Crippen molar-refractivity contribution < 1.29 is 4.18 Å². The maximum atomic E-state index is 5.22. The Kier molecular flexibility index (Phi) is 1.50. The first-order valence-electron chi connectivity index (χ1n) is 2.49. The minimum atomic E-state index is 0.00463. The maximum absolute atomic E-state index is 5.22. The summed E-state index contributed by atoms with van der Waals surface area (Å²) in [7, 11) is 0. The molecule has 0 radical (unpaired) electrons. The van der Waals surface area contributed by atoms with Crippen LogP contribution in [-0.4, -0.2) is 12.4 Å². The molecule has 1 aliphatic heterocycles. The lowest BCUT2D eigenvalue weighted by Gasteiger charge is -2.09. The van der Waals surface area contributed by atoms with Crippen LogP contribution in [0.2, 0.25) is 0 Å². The highest BCUT2D eigenvalue weighted by atomic mass is 32.2. The summed E-state index contributed by atoms with van der Waals surface area (Å²) in [5.41, 5.74) is 0.00463. The molecule has 0 aliphatic carbocycles. The molecule has 1 nitrogen and oxygen atoms in total. The first-order chi connectivity index (χ1) is 3.77. The first kappa shape index (κ1) is 6.00. The number of hydrogen-bond acceptors (Lipinski definition) is 2. The van der Waals surface area contributed by atoms with E-state index in [2.05, 4.69) is 5.92 Å². The van der Waals surface area contributed by atoms with Crippen LogP contribution in [0.4, 0.5) is 0 Å². The third-order valence-electron chi connectivity index (χ3n) is 1.19. The van der Waals surface area contributed by atoms with Crippen molar-refractivity contribution in [3.63, 3.8) is 0 Å². The predicted octanol–water partition coefficient (Wildman–Crippen LogP) is 1.30. The molecular formula is C6H8OS. The Morgan fingerprint density at radius 2 is 2.62 bits per heavy atom. The van der Waals surface area contributed by atoms with Crippen LogP contribution in [0.5, 0.6) is 0 Å². The molecule has 1 atom stereocenters. The fraction of sp³-hybridized carbons (Fsp3) is 0.667. The van der Waals surface area contributed by atoms with Crippen LogP contribution in [0.25, 0.3) is 0 Å². The van der Waals surface area contributed by atoms with Gasteiger partial charge in [0.05, 0.1) is 12.0 Å². The maximum Gasteiger partial charge on any atom is 0.0785 e. The van der Waals surface area contributed by atoms with Crippen molar-refractivity contribution in [3.8, 4) is 12.3 Å². The summed E-state index contributed by atoms with van der Waals surface area (Å²) < 4.78 is 5.03. The standard InChI is InChI=1S/C6H8OS/c1-3-6(2)4-7-8-5-6/h1H,4-5H2,2H3. The molecule has 0 spiro atoms. The van der Waals surface area contributed by atoms with Crippen molar-refractivity contribution >= 4 is 12.0 Å². The molecule has 0 amide bonds. The van der Waals surface area contributed by atoms with E-state index in [1.54, 1.807) is 0 Å². The molecule has 1 unspecified atom stereocenters. The summed E-state index contributed by atoms with van der Waals surface area (Å²) in [6.07, 6.45) is 5.22. The van der Waals surface area contributed by atoms with Gasteiger partial charge in [-0.3, -0.25) is 0 Å². The topological polar surface area (TPSA) is 9.23 Å². The Balaban J connectivity index is 2.56. The van der Waals surface area contributed by atoms with Gasteiger partial charge in [-0.15, -0.1) is 6.42 Å². The highest BCUT2D eigenvalue weighted by Gasteiger charge is 2.27. The van der Waals surface area contributed by atoms with Gasteiger partial charge in [-0.05, 0) is 19.0 Å². The Labute approximate surface area is 54.0 Å². The highest BCUT2D eigenvalue weighted by Crippen LogP contribution is 2.30. The molecule has 1 aliphatic rings. The fourth-order valence-corrected chi connectivity index (χ4v) is 1.32. The molecule has 2 heteroatoms. The number of hydrogen-bond donors (Lipinski definition) is 0. The monoisotopic (exact) mass is 128 g/mol. The smallest absolute Gasteiger partial charge is 0.0785 e. The van der Waals surface area contributed by atoms with Gasteiger partial charge in [0.25, 0.3) is 0 Å². The first-order valence-corrected chi connectivity index (χ1v) is 3.40. The van der Waals surface area contributed by atoms with Crippen molar-refractivity contribution in [2.24, 2.45) is 5.41 Å². The third-order valence-corrected chi connectivity index (χ3v) is 2.23. The van der Waals surface area contributed by atoms with Gasteiger partial charge >= 0.3 is 0 Å². The van der Waals surface area contributed by atoms with Crippen molar-refractivity contribution in [1.82, 2.24) is 0 Å². The fourth-order valence-electron chi connectivity index (χ4n) is 0.468. The Bertz CT molecular complexity index is 119. The average molecular weight is 128 g/mol. The summed E-state index contributed by atoms with van der Waals surface area (Å²) in [5, 5.41) is 0. The average Bonchev–Trinajstić information content (AvgIpc) is 2.17. The van der Waals surface area contributed by atoms with Gasteiger partial charge in [0.1, 0.15) is 0 Å². The van der Waals surface area contributed by atoms with E-state index in [9.17, 15) is 0 Å². The van der Waals surface area contributed by atoms with Crippen LogP contribution in [0, 0.1) is 17.8 Å². The largest absolute Gasteiger partial charge is 0.314 e. The van der Waals surface area contributed by atoms with Gasteiger partial charge < -0.3 is 4.18 Å². The lowest BCUT2D eigenvalue weighted by molar-refractivity contribution is 0.307. The molecule has 44 valence electrons.